The number of carbonyl (C=O) groups excluding carboxylic acids is 1. The maximum atomic E-state index is 10.8. The summed E-state index contributed by atoms with van der Waals surface area (Å²) in [6, 6.07) is 0. The van der Waals surface area contributed by atoms with Gasteiger partial charge in [0.05, 0.1) is 18.3 Å². The van der Waals surface area contributed by atoms with Gasteiger partial charge in [-0.2, -0.15) is 0 Å². The summed E-state index contributed by atoms with van der Waals surface area (Å²) in [4.78, 5) is 10.8. The van der Waals surface area contributed by atoms with Crippen LogP contribution in [-0.2, 0) is 14.3 Å². The Morgan fingerprint density at radius 1 is 0.955 bits per heavy atom. The van der Waals surface area contributed by atoms with E-state index in [9.17, 15) is 4.79 Å². The largest absolute Gasteiger partial charge is 1.00 e. The van der Waals surface area contributed by atoms with Gasteiger partial charge in [-0.05, 0) is 52.4 Å². The molecule has 2 fully saturated rings. The molecular formula is C16H34AlLiO4. The van der Waals surface area contributed by atoms with Gasteiger partial charge in [-0.3, -0.25) is 4.79 Å². The topological polar surface area (TPSA) is 55.8 Å². The minimum Gasteiger partial charge on any atom is -1.00 e. The zero-order valence-electron chi connectivity index (χ0n) is 15.0. The first kappa shape index (κ1) is 24.9. The van der Waals surface area contributed by atoms with Gasteiger partial charge in [-0.1, -0.05) is 0 Å². The van der Waals surface area contributed by atoms with Gasteiger partial charge in [0.2, 0.25) is 0 Å². The van der Waals surface area contributed by atoms with Crippen LogP contribution in [0.3, 0.4) is 0 Å². The number of ether oxygens (including phenoxy) is 2. The number of rotatable bonds is 4. The van der Waals surface area contributed by atoms with Crippen molar-refractivity contribution in [2.45, 2.75) is 83.5 Å². The van der Waals surface area contributed by atoms with Gasteiger partial charge >= 0.3 is 18.9 Å². The van der Waals surface area contributed by atoms with Crippen LogP contribution in [0.15, 0.2) is 0 Å². The van der Waals surface area contributed by atoms with Crippen molar-refractivity contribution < 1.29 is 39.7 Å². The van der Waals surface area contributed by atoms with E-state index in [0.29, 0.717) is 18.0 Å². The van der Waals surface area contributed by atoms with Crippen LogP contribution in [0.5, 0.6) is 0 Å². The van der Waals surface area contributed by atoms with Crippen LogP contribution in [0.25, 0.3) is 0 Å². The third-order valence-electron chi connectivity index (χ3n) is 3.94. The van der Waals surface area contributed by atoms with E-state index < -0.39 is 0 Å². The fourth-order valence-corrected chi connectivity index (χ4v) is 2.76. The zero-order valence-corrected chi connectivity index (χ0v) is 14.0. The molecule has 1 N–H and O–H groups in total. The van der Waals surface area contributed by atoms with Crippen LogP contribution < -0.4 is 18.9 Å². The van der Waals surface area contributed by atoms with Crippen molar-refractivity contribution in [3.8, 4) is 0 Å². The minimum absolute atomic E-state index is 0. The molecule has 22 heavy (non-hydrogen) atoms. The standard InChI is InChI=1S/C8H16O2.C8H14O2.Al.Li.4H/c2*1-2-10-8-5-3-7(9)4-6-8;;;;;;/h7-9H,2-6H2,1H3;8H,2-6H2,1H3;;;;;;/q;;;+1;;;;-1. The molecule has 0 aromatic heterocycles. The van der Waals surface area contributed by atoms with Crippen LogP contribution in [0, 0.1) is 0 Å². The summed E-state index contributed by atoms with van der Waals surface area (Å²) in [5, 5.41) is 9.14. The van der Waals surface area contributed by atoms with E-state index in [-0.39, 0.29) is 43.8 Å². The van der Waals surface area contributed by atoms with Crippen molar-refractivity contribution in [3.05, 3.63) is 0 Å². The van der Waals surface area contributed by atoms with Gasteiger partial charge in [0.15, 0.2) is 17.4 Å². The minimum atomic E-state index is -0.0586. The Labute approximate surface area is 159 Å². The number of carbonyl (C=O) groups is 1. The molecule has 0 aromatic rings. The predicted octanol–water partition coefficient (Wildman–Crippen LogP) is -1.21. The molecule has 0 radical (unpaired) electrons. The first-order valence-electron chi connectivity index (χ1n) is 8.08. The van der Waals surface area contributed by atoms with Crippen LogP contribution in [0.2, 0.25) is 0 Å². The molecule has 0 aromatic carbocycles. The molecule has 0 aliphatic heterocycles. The summed E-state index contributed by atoms with van der Waals surface area (Å²) in [6.07, 6.45) is 7.97. The van der Waals surface area contributed by atoms with E-state index in [1.165, 1.54) is 0 Å². The molecule has 0 bridgehead atoms. The Hall–Kier alpha value is 0.680. The monoisotopic (exact) mass is 324 g/mol. The molecule has 2 aliphatic carbocycles. The van der Waals surface area contributed by atoms with E-state index in [1.807, 2.05) is 13.8 Å². The molecule has 4 nitrogen and oxygen atoms in total. The van der Waals surface area contributed by atoms with Crippen molar-refractivity contribution in [1.29, 1.82) is 0 Å². The number of hydrogen-bond acceptors (Lipinski definition) is 4. The van der Waals surface area contributed by atoms with E-state index in [2.05, 4.69) is 0 Å². The summed E-state index contributed by atoms with van der Waals surface area (Å²) in [5.74, 6) is 0.399. The SMILES string of the molecule is CCOC1CCC(=O)CC1.CCOC1CCC(O)CC1.[AlH3].[H-].[Li+]. The Kier molecular flexibility index (Phi) is 17.2. The second-order valence-corrected chi connectivity index (χ2v) is 5.58. The molecule has 0 spiro atoms. The van der Waals surface area contributed by atoms with Gasteiger partial charge in [0.25, 0.3) is 0 Å². The van der Waals surface area contributed by atoms with Crippen molar-refractivity contribution in [3.63, 3.8) is 0 Å². The van der Waals surface area contributed by atoms with Crippen molar-refractivity contribution in [2.24, 2.45) is 0 Å². The Morgan fingerprint density at radius 3 is 1.77 bits per heavy atom. The zero-order chi connectivity index (χ0) is 14.8. The quantitative estimate of drug-likeness (QED) is 0.660. The second-order valence-electron chi connectivity index (χ2n) is 5.58. The molecular weight excluding hydrogens is 290 g/mol. The fraction of sp³-hybridized carbons (Fsp3) is 0.938. The number of Topliss-reactive ketones (excluding diaryl/α,β-unsaturated/α-hetero) is 1. The molecule has 6 heteroatoms. The van der Waals surface area contributed by atoms with Crippen molar-refractivity contribution in [1.82, 2.24) is 0 Å². The number of ketones is 1. The third-order valence-corrected chi connectivity index (χ3v) is 3.94. The summed E-state index contributed by atoms with van der Waals surface area (Å²) < 4.78 is 10.8. The molecule has 126 valence electrons. The first-order valence-corrected chi connectivity index (χ1v) is 8.08. The summed E-state index contributed by atoms with van der Waals surface area (Å²) in [7, 11) is 0. The number of hydrogen-bond donors (Lipinski definition) is 1. The smallest absolute Gasteiger partial charge is 1.00 e. The van der Waals surface area contributed by atoms with E-state index in [0.717, 1.165) is 64.6 Å². The maximum absolute atomic E-state index is 10.8. The summed E-state index contributed by atoms with van der Waals surface area (Å²) in [5.41, 5.74) is 0. The predicted molar refractivity (Wildman–Crippen MR) is 89.8 cm³/mol. The molecule has 0 heterocycles. The van der Waals surface area contributed by atoms with Crippen LogP contribution in [-0.4, -0.2) is 59.8 Å². The van der Waals surface area contributed by atoms with E-state index in [1.54, 1.807) is 0 Å². The maximum Gasteiger partial charge on any atom is 1.00 e. The summed E-state index contributed by atoms with van der Waals surface area (Å²) >= 11 is 0. The van der Waals surface area contributed by atoms with Gasteiger partial charge < -0.3 is 16.0 Å². The Morgan fingerprint density at radius 2 is 1.36 bits per heavy atom. The van der Waals surface area contributed by atoms with Crippen LogP contribution in [0.1, 0.15) is 66.6 Å². The van der Waals surface area contributed by atoms with Gasteiger partial charge in [-0.15, -0.1) is 0 Å². The molecule has 2 rings (SSSR count). The van der Waals surface area contributed by atoms with E-state index in [4.69, 9.17) is 14.6 Å². The first-order chi connectivity index (χ1) is 9.65. The molecule has 0 atom stereocenters. The Bertz CT molecular complexity index is 267. The normalized spacial score (nSPS) is 25.3. The van der Waals surface area contributed by atoms with E-state index >= 15 is 0 Å². The summed E-state index contributed by atoms with van der Waals surface area (Å²) in [6.45, 7) is 5.60. The number of aliphatic hydroxyl groups is 1. The average molecular weight is 324 g/mol. The molecule has 0 saturated heterocycles. The second kappa shape index (κ2) is 15.2. The third kappa shape index (κ3) is 11.3. The van der Waals surface area contributed by atoms with Crippen LogP contribution in [0.4, 0.5) is 0 Å². The molecule has 0 unspecified atom stereocenters. The Balaban J connectivity index is -0.000000308. The van der Waals surface area contributed by atoms with Gasteiger partial charge in [0, 0.05) is 26.1 Å². The van der Waals surface area contributed by atoms with Gasteiger partial charge in [0.1, 0.15) is 5.78 Å². The molecule has 0 amide bonds. The number of aliphatic hydroxyl groups excluding tert-OH is 1. The average Bonchev–Trinajstić information content (AvgIpc) is 2.45. The fourth-order valence-electron chi connectivity index (χ4n) is 2.76. The van der Waals surface area contributed by atoms with Crippen molar-refractivity contribution in [2.75, 3.05) is 13.2 Å². The molecule has 2 aliphatic rings. The van der Waals surface area contributed by atoms with Crippen LogP contribution >= 0.6 is 0 Å². The molecule has 2 saturated carbocycles. The van der Waals surface area contributed by atoms with Crippen molar-refractivity contribution >= 4 is 23.1 Å². The van der Waals surface area contributed by atoms with Gasteiger partial charge in [-0.25, -0.2) is 0 Å².